The number of aliphatic carboxylic acids is 1. The van der Waals surface area contributed by atoms with E-state index in [1.807, 2.05) is 47.2 Å². The van der Waals surface area contributed by atoms with Gasteiger partial charge in [0.25, 0.3) is 0 Å². The number of carbonyl (C=O) groups is 2. The van der Waals surface area contributed by atoms with Crippen molar-refractivity contribution in [2.45, 2.75) is 98.6 Å². The Balaban J connectivity index is 1.19. The van der Waals surface area contributed by atoms with Crippen molar-refractivity contribution in [3.05, 3.63) is 101 Å². The van der Waals surface area contributed by atoms with Crippen LogP contribution in [0, 0.1) is 23.7 Å². The monoisotopic (exact) mass is 934 g/mol. The molecule has 8 heterocycles. The number of aromatic nitrogens is 2. The lowest BCUT2D eigenvalue weighted by atomic mass is 9.75. The summed E-state index contributed by atoms with van der Waals surface area (Å²) in [4.78, 5) is 27.2. The molecule has 0 spiro atoms. The molecule has 11 rings (SSSR count). The van der Waals surface area contributed by atoms with Gasteiger partial charge in [-0.05, 0) is 17.7 Å². The average molecular weight is 935 g/mol. The molecule has 0 aliphatic carbocycles. The van der Waals surface area contributed by atoms with E-state index in [2.05, 4.69) is 28.7 Å². The Morgan fingerprint density at radius 3 is 2.56 bits per heavy atom. The van der Waals surface area contributed by atoms with E-state index in [1.165, 1.54) is 6.07 Å². The van der Waals surface area contributed by atoms with Crippen LogP contribution in [0.25, 0.3) is 10.9 Å². The van der Waals surface area contributed by atoms with Crippen LogP contribution in [0.3, 0.4) is 0 Å². The predicted octanol–water partition coefficient (Wildman–Crippen LogP) is 0.299. The summed E-state index contributed by atoms with van der Waals surface area (Å²) < 4.78 is 45.8. The summed E-state index contributed by atoms with van der Waals surface area (Å²) in [7, 11) is 0. The number of H-pyrrole nitrogens is 1. The van der Waals surface area contributed by atoms with Gasteiger partial charge in [-0.3, -0.25) is 9.59 Å². The minimum Gasteiger partial charge on any atom is -0.487 e. The van der Waals surface area contributed by atoms with Gasteiger partial charge < -0.3 is 89.9 Å². The highest BCUT2D eigenvalue weighted by Gasteiger charge is 2.60. The summed E-state index contributed by atoms with van der Waals surface area (Å²) in [5.41, 5.74) is 13.3. The molecule has 1 fully saturated rings. The quantitative estimate of drug-likeness (QED) is 0.0369. The first-order valence-electron chi connectivity index (χ1n) is 21.7. The van der Waals surface area contributed by atoms with Crippen molar-refractivity contribution in [1.82, 2.24) is 9.55 Å². The molecule has 0 amide bonds. The SMILES string of the molecule is NC(N)C(OC(=O)CC(=O)O)C1OC2Oc3cc4c(c(Cn5cc6cc[nH]c6c5CO)c3C#CCC1(O)C(O)C2O)C1Oc2c3ccc(OCO)c2OCC(O)C#CC(c2ccccc2)C(O4)C31. The van der Waals surface area contributed by atoms with E-state index >= 15 is 0 Å². The maximum Gasteiger partial charge on any atom is 0.317 e. The number of nitrogens with one attached hydrogen (secondary N) is 1. The number of aliphatic hydroxyl groups excluding tert-OH is 5. The number of nitrogens with two attached hydrogens (primary N) is 2. The van der Waals surface area contributed by atoms with Crippen molar-refractivity contribution in [2.24, 2.45) is 11.5 Å². The zero-order chi connectivity index (χ0) is 47.6. The topological polar surface area (TPSA) is 313 Å². The summed E-state index contributed by atoms with van der Waals surface area (Å²) in [5.74, 6) is 8.78. The molecule has 6 aliphatic rings. The van der Waals surface area contributed by atoms with Gasteiger partial charge in [-0.2, -0.15) is 0 Å². The summed E-state index contributed by atoms with van der Waals surface area (Å²) in [6.45, 7) is -1.33. The first-order valence-corrected chi connectivity index (χ1v) is 21.7. The van der Waals surface area contributed by atoms with Crippen molar-refractivity contribution < 1.29 is 78.5 Å². The van der Waals surface area contributed by atoms with E-state index < -0.39 is 104 Å². The lowest BCUT2D eigenvalue weighted by molar-refractivity contribution is -0.324. The number of rotatable bonds is 11. The average Bonchev–Trinajstić information content (AvgIpc) is 4.02. The van der Waals surface area contributed by atoms with Crippen molar-refractivity contribution >= 4 is 22.8 Å². The van der Waals surface area contributed by atoms with Crippen molar-refractivity contribution in [3.8, 4) is 52.4 Å². The van der Waals surface area contributed by atoms with Crippen molar-refractivity contribution in [1.29, 1.82) is 0 Å². The number of nitrogens with zero attached hydrogens (tertiary/aromatic N) is 1. The highest BCUT2D eigenvalue weighted by Crippen LogP contribution is 2.61. The summed E-state index contributed by atoms with van der Waals surface area (Å²) in [6, 6.07) is 16.2. The molecule has 354 valence electrons. The number of hydrogen-bond acceptors (Lipinski definition) is 17. The van der Waals surface area contributed by atoms with Gasteiger partial charge in [0.2, 0.25) is 12.0 Å². The van der Waals surface area contributed by atoms with Gasteiger partial charge in [-0.25, -0.2) is 0 Å². The minimum absolute atomic E-state index is 0.00246. The molecule has 3 aromatic carbocycles. The van der Waals surface area contributed by atoms with E-state index in [4.69, 9.17) is 44.6 Å². The third-order valence-electron chi connectivity index (χ3n) is 13.0. The van der Waals surface area contributed by atoms with Crippen LogP contribution in [-0.4, -0.2) is 125 Å². The Morgan fingerprint density at radius 2 is 1.81 bits per heavy atom. The molecule has 2 aromatic heterocycles. The lowest BCUT2D eigenvalue weighted by Gasteiger charge is -2.50. The Morgan fingerprint density at radius 1 is 1.00 bits per heavy atom. The van der Waals surface area contributed by atoms with E-state index in [9.17, 15) is 45.3 Å². The number of esters is 1. The first-order chi connectivity index (χ1) is 32.8. The van der Waals surface area contributed by atoms with Gasteiger partial charge in [-0.1, -0.05) is 60.1 Å². The molecule has 20 heteroatoms. The van der Waals surface area contributed by atoms with Crippen LogP contribution in [0.1, 0.15) is 64.3 Å². The first kappa shape index (κ1) is 45.0. The predicted molar refractivity (Wildman–Crippen MR) is 233 cm³/mol. The van der Waals surface area contributed by atoms with Crippen LogP contribution in [-0.2, 0) is 32.2 Å². The number of aromatic amines is 1. The molecule has 0 saturated carbocycles. The Labute approximate surface area is 386 Å². The number of ether oxygens (including phenoxy) is 7. The minimum atomic E-state index is -2.54. The fraction of sp³-hybridized carbons (Fsp3) is 0.375. The normalized spacial score (nSPS) is 27.8. The number of hydrogen-bond donors (Lipinski definition) is 10. The number of carbonyl (C=O) groups excluding carboxylic acids is 1. The Bertz CT molecular complexity index is 2910. The number of fused-ring (bicyclic) bond motifs is 6. The van der Waals surface area contributed by atoms with E-state index in [0.29, 0.717) is 27.9 Å². The molecular weight excluding hydrogens is 889 g/mol. The van der Waals surface area contributed by atoms with Crippen molar-refractivity contribution in [3.63, 3.8) is 0 Å². The van der Waals surface area contributed by atoms with Crippen LogP contribution in [0.5, 0.6) is 28.7 Å². The van der Waals surface area contributed by atoms with Crippen LogP contribution in [0.4, 0.5) is 0 Å². The highest BCUT2D eigenvalue weighted by molar-refractivity contribution is 5.90. The number of benzene rings is 3. The second-order valence-electron chi connectivity index (χ2n) is 17.1. The second kappa shape index (κ2) is 17.7. The van der Waals surface area contributed by atoms with Gasteiger partial charge in [0, 0.05) is 53.5 Å². The van der Waals surface area contributed by atoms with E-state index in [-0.39, 0.29) is 54.1 Å². The number of carboxylic acids is 1. The largest absolute Gasteiger partial charge is 0.487 e. The summed E-state index contributed by atoms with van der Waals surface area (Å²) in [6.07, 6.45) is -12.3. The third-order valence-corrected chi connectivity index (χ3v) is 13.0. The Hall–Kier alpha value is -6.82. The maximum absolute atomic E-state index is 12.7. The van der Waals surface area contributed by atoms with E-state index in [1.54, 1.807) is 18.3 Å². The van der Waals surface area contributed by atoms with Gasteiger partial charge >= 0.3 is 11.9 Å². The van der Waals surface area contributed by atoms with Crippen LogP contribution >= 0.6 is 0 Å². The molecule has 6 bridgehead atoms. The van der Waals surface area contributed by atoms with Crippen LogP contribution in [0.2, 0.25) is 0 Å². The van der Waals surface area contributed by atoms with Crippen LogP contribution < -0.4 is 35.2 Å². The molecule has 1 saturated heterocycles. The zero-order valence-electron chi connectivity index (χ0n) is 35.9. The van der Waals surface area contributed by atoms with Gasteiger partial charge in [0.15, 0.2) is 24.4 Å². The van der Waals surface area contributed by atoms with Gasteiger partial charge in [0.1, 0.15) is 66.8 Å². The standard InChI is InChI=1S/C48H46N4O16/c49-46(50)43(66-34(58)16-33(56)57)45-48(61)13-4-7-26-28(18-52-17-23-12-14-51-37(23)29(52)19-53)35-32(15-31(26)65-47(68-45)38(59)44(48)60)64-39-25(22-5-2-1-3-6-22)9-8-24(55)20-62-41-30(63-21-54)11-10-27-36(39)42(35)67-40(27)41/h1-3,5-6,10-12,14-15,17,24-25,36,38-39,42-47,51,53-55,59-61H,13,16,18-21,49-50H2,(H,56,57). The summed E-state index contributed by atoms with van der Waals surface area (Å²) >= 11 is 0. The number of carboxylic acid groups (broad SMARTS) is 1. The fourth-order valence-corrected chi connectivity index (χ4v) is 9.91. The summed E-state index contributed by atoms with van der Waals surface area (Å²) in [5, 5.41) is 77.3. The highest BCUT2D eigenvalue weighted by atomic mass is 16.7. The molecule has 0 radical (unpaired) electrons. The molecule has 12 N–H and O–H groups in total. The third kappa shape index (κ3) is 7.62. The molecule has 11 atom stereocenters. The smallest absolute Gasteiger partial charge is 0.317 e. The molecule has 11 unspecified atom stereocenters. The van der Waals surface area contributed by atoms with Gasteiger partial charge in [-0.15, -0.1) is 0 Å². The zero-order valence-corrected chi connectivity index (χ0v) is 35.9. The Kier molecular flexibility index (Phi) is 11.7. The second-order valence-corrected chi connectivity index (χ2v) is 17.1. The van der Waals surface area contributed by atoms with Gasteiger partial charge in [0.05, 0.1) is 41.4 Å². The van der Waals surface area contributed by atoms with E-state index in [0.717, 1.165) is 10.9 Å². The number of aliphatic hydroxyl groups is 6. The molecule has 68 heavy (non-hydrogen) atoms. The van der Waals surface area contributed by atoms with Crippen LogP contribution in [0.15, 0.2) is 67.0 Å². The van der Waals surface area contributed by atoms with Crippen molar-refractivity contribution in [2.75, 3.05) is 13.4 Å². The molecule has 5 aromatic rings. The molecule has 6 aliphatic heterocycles. The maximum atomic E-state index is 12.7. The molecule has 20 nitrogen and oxygen atoms in total. The fourth-order valence-electron chi connectivity index (χ4n) is 9.91. The lowest BCUT2D eigenvalue weighted by Crippen LogP contribution is -2.72. The molecular formula is C48H46N4O16.